The number of aromatic nitrogens is 2. The lowest BCUT2D eigenvalue weighted by Crippen LogP contribution is -2.30. The van der Waals surface area contributed by atoms with Crippen LogP contribution in [-0.4, -0.2) is 15.8 Å². The van der Waals surface area contributed by atoms with E-state index in [4.69, 9.17) is 17.3 Å². The van der Waals surface area contributed by atoms with Crippen molar-refractivity contribution in [1.82, 2.24) is 9.78 Å². The van der Waals surface area contributed by atoms with Gasteiger partial charge < -0.3 is 5.73 Å². The smallest absolute Gasteiger partial charge is 0.130 e. The third-order valence-corrected chi connectivity index (χ3v) is 3.66. The molecule has 2 atom stereocenters. The molecule has 2 N–H and O–H groups in total. The average Bonchev–Trinajstić information content (AvgIpc) is 2.45. The Morgan fingerprint density at radius 3 is 2.56 bits per heavy atom. The van der Waals surface area contributed by atoms with Gasteiger partial charge in [0.1, 0.15) is 5.15 Å². The minimum absolute atomic E-state index is 0.167. The molecule has 16 heavy (non-hydrogen) atoms. The van der Waals surface area contributed by atoms with E-state index in [0.29, 0.717) is 5.92 Å². The first-order valence-electron chi connectivity index (χ1n) is 5.90. The second kappa shape index (κ2) is 5.69. The largest absolute Gasteiger partial charge is 0.327 e. The van der Waals surface area contributed by atoms with Crippen molar-refractivity contribution in [1.29, 1.82) is 0 Å². The highest BCUT2D eigenvalue weighted by molar-refractivity contribution is 6.30. The molecule has 0 aliphatic carbocycles. The molecule has 0 saturated heterocycles. The standard InChI is InChI=1S/C12H22ClN3/c1-5-6-8(2)11(14)7-10-9(3)15-16(4)12(10)13/h8,11H,5-7,14H2,1-4H3. The Kier molecular flexibility index (Phi) is 4.81. The first kappa shape index (κ1) is 13.5. The van der Waals surface area contributed by atoms with Crippen molar-refractivity contribution in [2.24, 2.45) is 18.7 Å². The molecule has 1 heterocycles. The molecular weight excluding hydrogens is 222 g/mol. The topological polar surface area (TPSA) is 43.8 Å². The SMILES string of the molecule is CCCC(C)C(N)Cc1c(C)nn(C)c1Cl. The van der Waals surface area contributed by atoms with Crippen molar-refractivity contribution in [3.05, 3.63) is 16.4 Å². The van der Waals surface area contributed by atoms with Gasteiger partial charge in [0.2, 0.25) is 0 Å². The van der Waals surface area contributed by atoms with Gasteiger partial charge in [-0.05, 0) is 25.7 Å². The molecule has 4 heteroatoms. The molecule has 0 radical (unpaired) electrons. The highest BCUT2D eigenvalue weighted by atomic mass is 35.5. The van der Waals surface area contributed by atoms with E-state index >= 15 is 0 Å². The molecule has 1 aromatic heterocycles. The summed E-state index contributed by atoms with van der Waals surface area (Å²) >= 11 is 6.18. The molecule has 0 fully saturated rings. The van der Waals surface area contributed by atoms with Crippen LogP contribution in [0.3, 0.4) is 0 Å². The molecule has 3 nitrogen and oxygen atoms in total. The number of rotatable bonds is 5. The van der Waals surface area contributed by atoms with Crippen molar-refractivity contribution in [3.8, 4) is 0 Å². The third-order valence-electron chi connectivity index (χ3n) is 3.18. The highest BCUT2D eigenvalue weighted by Crippen LogP contribution is 2.22. The Morgan fingerprint density at radius 2 is 2.12 bits per heavy atom. The zero-order valence-electron chi connectivity index (χ0n) is 10.6. The van der Waals surface area contributed by atoms with Gasteiger partial charge in [0.25, 0.3) is 0 Å². The lowest BCUT2D eigenvalue weighted by Gasteiger charge is -2.19. The molecule has 0 aromatic carbocycles. The molecule has 0 spiro atoms. The van der Waals surface area contributed by atoms with Gasteiger partial charge in [0, 0.05) is 18.7 Å². The van der Waals surface area contributed by atoms with Crippen molar-refractivity contribution < 1.29 is 0 Å². The van der Waals surface area contributed by atoms with Crippen LogP contribution in [0.2, 0.25) is 5.15 Å². The van der Waals surface area contributed by atoms with Gasteiger partial charge in [-0.3, -0.25) is 4.68 Å². The Labute approximate surface area is 103 Å². The van der Waals surface area contributed by atoms with Crippen LogP contribution >= 0.6 is 11.6 Å². The number of nitrogens with zero attached hydrogens (tertiary/aromatic N) is 2. The molecule has 1 aromatic rings. The van der Waals surface area contributed by atoms with Crippen LogP contribution in [0.25, 0.3) is 0 Å². The number of aryl methyl sites for hydroxylation is 2. The van der Waals surface area contributed by atoms with E-state index in [2.05, 4.69) is 18.9 Å². The van der Waals surface area contributed by atoms with Gasteiger partial charge in [-0.2, -0.15) is 5.10 Å². The number of hydrogen-bond acceptors (Lipinski definition) is 2. The number of halogens is 1. The summed E-state index contributed by atoms with van der Waals surface area (Å²) in [6.07, 6.45) is 3.16. The third kappa shape index (κ3) is 2.98. The molecule has 0 amide bonds. The number of nitrogens with two attached hydrogens (primary N) is 1. The van der Waals surface area contributed by atoms with E-state index in [1.54, 1.807) is 4.68 Å². The fraction of sp³-hybridized carbons (Fsp3) is 0.750. The summed E-state index contributed by atoms with van der Waals surface area (Å²) in [7, 11) is 1.86. The van der Waals surface area contributed by atoms with Crippen molar-refractivity contribution >= 4 is 11.6 Å². The highest BCUT2D eigenvalue weighted by Gasteiger charge is 2.18. The summed E-state index contributed by atoms with van der Waals surface area (Å²) in [5, 5.41) is 5.02. The quantitative estimate of drug-likeness (QED) is 0.864. The first-order chi connectivity index (χ1) is 7.47. The monoisotopic (exact) mass is 243 g/mol. The predicted octanol–water partition coefficient (Wildman–Crippen LogP) is 2.69. The number of hydrogen-bond donors (Lipinski definition) is 1. The molecule has 2 unspecified atom stereocenters. The summed E-state index contributed by atoms with van der Waals surface area (Å²) in [6.45, 7) is 6.37. The van der Waals surface area contributed by atoms with E-state index in [1.807, 2.05) is 14.0 Å². The summed E-state index contributed by atoms with van der Waals surface area (Å²) in [5.41, 5.74) is 8.28. The van der Waals surface area contributed by atoms with Crippen LogP contribution in [-0.2, 0) is 13.5 Å². The van der Waals surface area contributed by atoms with Gasteiger partial charge in [-0.15, -0.1) is 0 Å². The summed E-state index contributed by atoms with van der Waals surface area (Å²) in [5.74, 6) is 0.528. The van der Waals surface area contributed by atoms with Crippen LogP contribution in [0.5, 0.6) is 0 Å². The van der Waals surface area contributed by atoms with Crippen LogP contribution in [0.15, 0.2) is 0 Å². The van der Waals surface area contributed by atoms with Crippen LogP contribution in [0.4, 0.5) is 0 Å². The Morgan fingerprint density at radius 1 is 1.50 bits per heavy atom. The predicted molar refractivity (Wildman–Crippen MR) is 68.7 cm³/mol. The molecule has 92 valence electrons. The maximum atomic E-state index is 6.19. The zero-order chi connectivity index (χ0) is 12.3. The van der Waals surface area contributed by atoms with Gasteiger partial charge in [-0.1, -0.05) is 31.9 Å². The van der Waals surface area contributed by atoms with E-state index in [1.165, 1.54) is 6.42 Å². The maximum absolute atomic E-state index is 6.19. The minimum atomic E-state index is 0.167. The van der Waals surface area contributed by atoms with Gasteiger partial charge >= 0.3 is 0 Å². The van der Waals surface area contributed by atoms with Gasteiger partial charge in [0.05, 0.1) is 5.69 Å². The minimum Gasteiger partial charge on any atom is -0.327 e. The average molecular weight is 244 g/mol. The molecule has 0 aliphatic rings. The lowest BCUT2D eigenvalue weighted by molar-refractivity contribution is 0.419. The second-order valence-electron chi connectivity index (χ2n) is 4.61. The molecule has 0 bridgehead atoms. The van der Waals surface area contributed by atoms with E-state index in [0.717, 1.165) is 29.3 Å². The Hall–Kier alpha value is -0.540. The first-order valence-corrected chi connectivity index (χ1v) is 6.28. The molecular formula is C12H22ClN3. The summed E-state index contributed by atoms with van der Waals surface area (Å²) in [4.78, 5) is 0. The van der Waals surface area contributed by atoms with Crippen LogP contribution in [0, 0.1) is 12.8 Å². The normalized spacial score (nSPS) is 15.1. The fourth-order valence-corrected chi connectivity index (χ4v) is 2.26. The maximum Gasteiger partial charge on any atom is 0.130 e. The molecule has 0 saturated carbocycles. The lowest BCUT2D eigenvalue weighted by atomic mass is 9.92. The molecule has 0 aliphatic heterocycles. The second-order valence-corrected chi connectivity index (χ2v) is 4.97. The summed E-state index contributed by atoms with van der Waals surface area (Å²) in [6, 6.07) is 0.167. The Balaban J connectivity index is 2.72. The zero-order valence-corrected chi connectivity index (χ0v) is 11.4. The molecule has 1 rings (SSSR count). The van der Waals surface area contributed by atoms with Gasteiger partial charge in [0.15, 0.2) is 0 Å². The Bertz CT molecular complexity index is 346. The van der Waals surface area contributed by atoms with Crippen LogP contribution < -0.4 is 5.73 Å². The van der Waals surface area contributed by atoms with Crippen LogP contribution in [0.1, 0.15) is 37.9 Å². The van der Waals surface area contributed by atoms with Crippen molar-refractivity contribution in [2.45, 2.75) is 46.1 Å². The van der Waals surface area contributed by atoms with Crippen molar-refractivity contribution in [2.75, 3.05) is 0 Å². The van der Waals surface area contributed by atoms with E-state index in [-0.39, 0.29) is 6.04 Å². The van der Waals surface area contributed by atoms with E-state index < -0.39 is 0 Å². The van der Waals surface area contributed by atoms with Crippen molar-refractivity contribution in [3.63, 3.8) is 0 Å². The van der Waals surface area contributed by atoms with E-state index in [9.17, 15) is 0 Å². The fourth-order valence-electron chi connectivity index (χ4n) is 2.01. The summed E-state index contributed by atoms with van der Waals surface area (Å²) < 4.78 is 1.71. The van der Waals surface area contributed by atoms with Gasteiger partial charge in [-0.25, -0.2) is 0 Å².